The summed E-state index contributed by atoms with van der Waals surface area (Å²) in [5.74, 6) is 0.408. The first-order chi connectivity index (χ1) is 25.1. The molecule has 3 rings (SSSR count). The lowest BCUT2D eigenvalue weighted by Crippen LogP contribution is -2.38. The largest absolute Gasteiger partial charge is 0.491 e. The number of nitrogens with one attached hydrogen (secondary N) is 2. The van der Waals surface area contributed by atoms with Gasteiger partial charge in [0.05, 0.1) is 26.4 Å². The van der Waals surface area contributed by atoms with E-state index in [9.17, 15) is 14.4 Å². The van der Waals surface area contributed by atoms with E-state index in [0.717, 1.165) is 56.3 Å². The van der Waals surface area contributed by atoms with Crippen LogP contribution < -0.4 is 32.6 Å². The number of aromatic nitrogens is 2. The summed E-state index contributed by atoms with van der Waals surface area (Å²) in [5, 5.41) is 5.20. The number of guanidine groups is 1. The molecule has 0 aliphatic heterocycles. The second-order valence-corrected chi connectivity index (χ2v) is 12.7. The monoisotopic (exact) mass is 748 g/mol. The Labute approximate surface area is 309 Å². The average Bonchev–Trinajstić information content (AvgIpc) is 3.12. The molecule has 0 atom stereocenters. The summed E-state index contributed by atoms with van der Waals surface area (Å²) in [4.78, 5) is 48.5. The molecular weight excluding hydrogens is 696 g/mol. The number of halogens is 1. The zero-order chi connectivity index (χ0) is 37.6. The SMILES string of the molecule is COCCOCCOC(=O)NC1CCC(CC(=O)CCCOCCOc2ccc(CCCCN=C(N)NC(=O)c3nc(Cl)c(N)nc3N)cc2)CC1. The molecule has 0 saturated heterocycles. The Morgan fingerprint density at radius 1 is 0.885 bits per heavy atom. The second-order valence-electron chi connectivity index (χ2n) is 12.4. The molecule has 2 amide bonds. The maximum atomic E-state index is 12.5. The minimum Gasteiger partial charge on any atom is -0.491 e. The van der Waals surface area contributed by atoms with E-state index < -0.39 is 12.0 Å². The molecule has 1 fully saturated rings. The first-order valence-electron chi connectivity index (χ1n) is 17.7. The molecule has 2 aromatic rings. The number of hydrogen-bond acceptors (Lipinski definition) is 13. The molecule has 0 bridgehead atoms. The zero-order valence-corrected chi connectivity index (χ0v) is 30.7. The van der Waals surface area contributed by atoms with E-state index in [1.807, 2.05) is 24.3 Å². The lowest BCUT2D eigenvalue weighted by molar-refractivity contribution is -0.120. The maximum absolute atomic E-state index is 12.5. The molecule has 16 nitrogen and oxygen atoms in total. The van der Waals surface area contributed by atoms with Gasteiger partial charge >= 0.3 is 6.09 Å². The number of benzene rings is 1. The third-order valence-electron chi connectivity index (χ3n) is 8.26. The lowest BCUT2D eigenvalue weighted by atomic mass is 9.83. The number of alkyl carbamates (subject to hydrolysis) is 1. The highest BCUT2D eigenvalue weighted by Crippen LogP contribution is 2.27. The smallest absolute Gasteiger partial charge is 0.407 e. The van der Waals surface area contributed by atoms with Crippen molar-refractivity contribution in [2.45, 2.75) is 70.3 Å². The highest BCUT2D eigenvalue weighted by Gasteiger charge is 2.24. The van der Waals surface area contributed by atoms with Gasteiger partial charge in [-0.2, -0.15) is 0 Å². The number of ketones is 1. The number of carbonyl (C=O) groups is 3. The van der Waals surface area contributed by atoms with Crippen molar-refractivity contribution in [3.63, 3.8) is 0 Å². The molecule has 288 valence electrons. The number of amides is 2. The minimum atomic E-state index is -0.677. The van der Waals surface area contributed by atoms with E-state index in [1.165, 1.54) is 0 Å². The van der Waals surface area contributed by atoms with Crippen molar-refractivity contribution in [2.24, 2.45) is 16.6 Å². The van der Waals surface area contributed by atoms with Gasteiger partial charge in [-0.15, -0.1) is 0 Å². The van der Waals surface area contributed by atoms with Gasteiger partial charge in [-0.3, -0.25) is 19.9 Å². The quantitative estimate of drug-likeness (QED) is 0.0623. The molecule has 1 aromatic heterocycles. The van der Waals surface area contributed by atoms with Gasteiger partial charge in [-0.05, 0) is 75.0 Å². The van der Waals surface area contributed by atoms with Crippen LogP contribution in [0.2, 0.25) is 5.15 Å². The van der Waals surface area contributed by atoms with Crippen molar-refractivity contribution < 1.29 is 38.1 Å². The highest BCUT2D eigenvalue weighted by atomic mass is 35.5. The van der Waals surface area contributed by atoms with E-state index in [-0.39, 0.29) is 46.9 Å². The number of carbonyl (C=O) groups excluding carboxylic acids is 3. The predicted octanol–water partition coefficient (Wildman–Crippen LogP) is 3.44. The molecular formula is C35H53ClN8O8. The van der Waals surface area contributed by atoms with Crippen molar-refractivity contribution in [2.75, 3.05) is 71.4 Å². The Kier molecular flexibility index (Phi) is 19.5. The fourth-order valence-electron chi connectivity index (χ4n) is 5.49. The number of aryl methyl sites for hydroxylation is 1. The number of nitrogens with two attached hydrogens (primary N) is 3. The van der Waals surface area contributed by atoms with Crippen molar-refractivity contribution in [3.05, 3.63) is 40.7 Å². The van der Waals surface area contributed by atoms with Crippen molar-refractivity contribution >= 4 is 47.0 Å². The van der Waals surface area contributed by atoms with Gasteiger partial charge in [-0.1, -0.05) is 23.7 Å². The molecule has 52 heavy (non-hydrogen) atoms. The topological polar surface area (TPSA) is 238 Å². The number of methoxy groups -OCH3 is 1. The number of unbranched alkanes of at least 4 members (excludes halogenated alkanes) is 1. The summed E-state index contributed by atoms with van der Waals surface area (Å²) in [7, 11) is 1.60. The molecule has 0 radical (unpaired) electrons. The maximum Gasteiger partial charge on any atom is 0.407 e. The van der Waals surface area contributed by atoms with Gasteiger partial charge in [0.2, 0.25) is 0 Å². The summed E-state index contributed by atoms with van der Waals surface area (Å²) in [6.07, 6.45) is 7.33. The Balaban J connectivity index is 1.16. The number of aliphatic imine (C=N–C) groups is 1. The van der Waals surface area contributed by atoms with E-state index >= 15 is 0 Å². The Morgan fingerprint density at radius 2 is 1.60 bits per heavy atom. The molecule has 17 heteroatoms. The van der Waals surface area contributed by atoms with E-state index in [1.54, 1.807) is 7.11 Å². The fourth-order valence-corrected chi connectivity index (χ4v) is 5.62. The van der Waals surface area contributed by atoms with Gasteiger partial charge in [0.25, 0.3) is 5.91 Å². The predicted molar refractivity (Wildman–Crippen MR) is 197 cm³/mol. The standard InChI is InChI=1S/C35H53ClN8O8/c1-48-17-18-50-20-22-52-35(47)41-26-11-7-25(8-12-26)23-27(45)6-4-16-49-19-21-51-28-13-9-24(10-14-28)5-2-3-15-40-34(39)44-33(46)29-31(37)43-32(38)30(36)42-29/h9-10,13-14,25-26H,2-8,11-12,15-23H2,1H3,(H,41,47)(H4,37,38,43)(H3,39,40,44,46). The lowest BCUT2D eigenvalue weighted by Gasteiger charge is -2.28. The summed E-state index contributed by atoms with van der Waals surface area (Å²) in [6, 6.07) is 7.97. The first-order valence-corrected chi connectivity index (χ1v) is 18.0. The average molecular weight is 749 g/mol. The van der Waals surface area contributed by atoms with Crippen LogP contribution in [0, 0.1) is 5.92 Å². The highest BCUT2D eigenvalue weighted by molar-refractivity contribution is 6.31. The Bertz CT molecular complexity index is 1420. The normalized spacial score (nSPS) is 15.9. The van der Waals surface area contributed by atoms with E-state index in [4.69, 9.17) is 52.5 Å². The van der Waals surface area contributed by atoms with Crippen LogP contribution in [0.5, 0.6) is 5.75 Å². The van der Waals surface area contributed by atoms with Crippen LogP contribution in [0.15, 0.2) is 29.3 Å². The van der Waals surface area contributed by atoms with Gasteiger partial charge in [-0.25, -0.2) is 14.8 Å². The summed E-state index contributed by atoms with van der Waals surface area (Å²) >= 11 is 5.81. The van der Waals surface area contributed by atoms with Gasteiger partial charge in [0.15, 0.2) is 28.4 Å². The molecule has 1 heterocycles. The molecule has 1 aromatic carbocycles. The van der Waals surface area contributed by atoms with Crippen LogP contribution in [-0.4, -0.2) is 99.7 Å². The summed E-state index contributed by atoms with van der Waals surface area (Å²) < 4.78 is 26.8. The van der Waals surface area contributed by atoms with Crippen LogP contribution in [0.4, 0.5) is 16.4 Å². The minimum absolute atomic E-state index is 0.0589. The fraction of sp³-hybridized carbons (Fsp3) is 0.600. The number of anilines is 2. The third-order valence-corrected chi connectivity index (χ3v) is 8.54. The van der Waals surface area contributed by atoms with Gasteiger partial charge in [0, 0.05) is 39.1 Å². The van der Waals surface area contributed by atoms with Crippen LogP contribution in [0.3, 0.4) is 0 Å². The number of Topliss-reactive ketones (excluding diaryl/α,β-unsaturated/α-hetero) is 1. The Hall–Kier alpha value is -4.25. The molecule has 1 aliphatic carbocycles. The van der Waals surface area contributed by atoms with Crippen molar-refractivity contribution in [1.82, 2.24) is 20.6 Å². The molecule has 1 saturated carbocycles. The number of hydrogen-bond donors (Lipinski definition) is 5. The van der Waals surface area contributed by atoms with E-state index in [2.05, 4.69) is 25.6 Å². The summed E-state index contributed by atoms with van der Waals surface area (Å²) in [6.45, 7) is 3.31. The number of nitrogens with zero attached hydrogens (tertiary/aromatic N) is 3. The van der Waals surface area contributed by atoms with Gasteiger partial charge in [0.1, 0.15) is 24.7 Å². The van der Waals surface area contributed by atoms with E-state index in [0.29, 0.717) is 71.4 Å². The number of rotatable bonds is 23. The first kappa shape index (κ1) is 42.2. The van der Waals surface area contributed by atoms with Crippen LogP contribution in [-0.2, 0) is 30.2 Å². The number of nitrogen functional groups attached to an aromatic ring is 2. The Morgan fingerprint density at radius 3 is 2.35 bits per heavy atom. The van der Waals surface area contributed by atoms with Crippen LogP contribution in [0.1, 0.15) is 73.8 Å². The van der Waals surface area contributed by atoms with Crippen molar-refractivity contribution in [1.29, 1.82) is 0 Å². The zero-order valence-electron chi connectivity index (χ0n) is 29.9. The summed E-state index contributed by atoms with van der Waals surface area (Å²) in [5.41, 5.74) is 18.0. The van der Waals surface area contributed by atoms with Crippen LogP contribution in [0.25, 0.3) is 0 Å². The number of ether oxygens (including phenoxy) is 5. The third kappa shape index (κ3) is 16.8. The van der Waals surface area contributed by atoms with Crippen molar-refractivity contribution in [3.8, 4) is 5.75 Å². The molecule has 0 spiro atoms. The molecule has 0 unspecified atom stereocenters. The molecule has 8 N–H and O–H groups in total. The van der Waals surface area contributed by atoms with Gasteiger partial charge < -0.3 is 46.2 Å². The second kappa shape index (κ2) is 24.1. The molecule has 1 aliphatic rings. The van der Waals surface area contributed by atoms with Crippen LogP contribution >= 0.6 is 11.6 Å².